The first-order valence-electron chi connectivity index (χ1n) is 9.67. The molecule has 0 atom stereocenters. The molecule has 0 radical (unpaired) electrons. The number of halogens is 2. The van der Waals surface area contributed by atoms with Crippen molar-refractivity contribution < 1.29 is 12.8 Å². The molecule has 31 heavy (non-hydrogen) atoms. The number of hydrogen-bond donors (Lipinski definition) is 1. The molecule has 1 aromatic heterocycles. The van der Waals surface area contributed by atoms with Gasteiger partial charge in [-0.2, -0.15) is 5.10 Å². The summed E-state index contributed by atoms with van der Waals surface area (Å²) in [7, 11) is -0.515. The van der Waals surface area contributed by atoms with E-state index in [-0.39, 0.29) is 36.2 Å². The maximum atomic E-state index is 13.9. The molecule has 2 aromatic carbocycles. The number of nitrogens with two attached hydrogens (primary N) is 1. The zero-order valence-corrected chi connectivity index (χ0v) is 19.7. The van der Waals surface area contributed by atoms with Crippen molar-refractivity contribution in [2.75, 3.05) is 20.6 Å². The summed E-state index contributed by atoms with van der Waals surface area (Å²) in [6.45, 7) is 4.01. The largest absolute Gasteiger partial charge is 0.327 e. The van der Waals surface area contributed by atoms with Crippen LogP contribution in [-0.2, 0) is 23.0 Å². The second-order valence-electron chi connectivity index (χ2n) is 7.43. The van der Waals surface area contributed by atoms with Gasteiger partial charge in [-0.3, -0.25) is 4.68 Å². The van der Waals surface area contributed by atoms with Gasteiger partial charge < -0.3 is 5.73 Å². The lowest BCUT2D eigenvalue weighted by Gasteiger charge is -2.16. The van der Waals surface area contributed by atoms with Crippen LogP contribution in [0.2, 0.25) is 0 Å². The molecule has 1 heterocycles. The van der Waals surface area contributed by atoms with Crippen LogP contribution >= 0.6 is 12.4 Å². The zero-order chi connectivity index (χ0) is 22.1. The Kier molecular flexibility index (Phi) is 7.99. The van der Waals surface area contributed by atoms with Gasteiger partial charge in [-0.25, -0.2) is 17.1 Å². The van der Waals surface area contributed by atoms with Crippen LogP contribution in [0, 0.1) is 13.8 Å². The van der Waals surface area contributed by atoms with Gasteiger partial charge in [-0.05, 0) is 36.9 Å². The molecule has 2 N–H and O–H groups in total. The van der Waals surface area contributed by atoms with Gasteiger partial charge in [0.25, 0.3) is 0 Å². The summed E-state index contributed by atoms with van der Waals surface area (Å²) in [5.74, 6) is -0.321. The molecule has 0 amide bonds. The van der Waals surface area contributed by atoms with E-state index in [0.717, 1.165) is 27.9 Å². The molecule has 0 saturated heterocycles. The quantitative estimate of drug-likeness (QED) is 0.575. The number of aryl methyl sites for hydroxylation is 1. The smallest absolute Gasteiger partial charge is 0.243 e. The van der Waals surface area contributed by atoms with Gasteiger partial charge in [0.15, 0.2) is 0 Å². The van der Waals surface area contributed by atoms with Crippen molar-refractivity contribution in [1.29, 1.82) is 0 Å². The van der Waals surface area contributed by atoms with Gasteiger partial charge in [0.2, 0.25) is 10.0 Å². The van der Waals surface area contributed by atoms with E-state index in [1.54, 1.807) is 10.7 Å². The van der Waals surface area contributed by atoms with E-state index < -0.39 is 10.0 Å². The molecule has 6 nitrogen and oxygen atoms in total. The molecular weight excluding hydrogens is 439 g/mol. The van der Waals surface area contributed by atoms with Crippen molar-refractivity contribution in [3.8, 4) is 0 Å². The van der Waals surface area contributed by atoms with Crippen molar-refractivity contribution in [2.24, 2.45) is 5.73 Å². The standard InChI is InChI=1S/C22H27FN4O2S.ClH/c1-15-21(16(2)27(25-15)14-18(23)11-12-24)13-17-9-10-22(30(28,29)26(3)4)20-8-6-5-7-19(17)20;/h5-11H,12-14,24H2,1-4H3;1H. The summed E-state index contributed by atoms with van der Waals surface area (Å²) < 4.78 is 42.3. The second kappa shape index (κ2) is 9.91. The van der Waals surface area contributed by atoms with Crippen LogP contribution in [0.5, 0.6) is 0 Å². The van der Waals surface area contributed by atoms with E-state index in [0.29, 0.717) is 11.8 Å². The van der Waals surface area contributed by atoms with Gasteiger partial charge in [0.05, 0.1) is 17.1 Å². The Morgan fingerprint density at radius 1 is 1.16 bits per heavy atom. The lowest BCUT2D eigenvalue weighted by molar-refractivity contribution is 0.517. The number of nitrogens with zero attached hydrogens (tertiary/aromatic N) is 3. The van der Waals surface area contributed by atoms with Crippen LogP contribution in [0.1, 0.15) is 22.5 Å². The fourth-order valence-corrected chi connectivity index (χ4v) is 4.67. The number of hydrogen-bond acceptors (Lipinski definition) is 4. The van der Waals surface area contributed by atoms with Crippen molar-refractivity contribution in [1.82, 2.24) is 14.1 Å². The Morgan fingerprint density at radius 3 is 2.42 bits per heavy atom. The van der Waals surface area contributed by atoms with Gasteiger partial charge >= 0.3 is 0 Å². The first-order chi connectivity index (χ1) is 14.2. The zero-order valence-electron chi connectivity index (χ0n) is 18.1. The van der Waals surface area contributed by atoms with Gasteiger partial charge in [-0.15, -0.1) is 12.4 Å². The summed E-state index contributed by atoms with van der Waals surface area (Å²) in [6, 6.07) is 11.0. The minimum absolute atomic E-state index is 0. The third-order valence-electron chi connectivity index (χ3n) is 5.27. The summed E-state index contributed by atoms with van der Waals surface area (Å²) in [4.78, 5) is 0.282. The van der Waals surface area contributed by atoms with Crippen LogP contribution in [0.15, 0.2) is 53.2 Å². The van der Waals surface area contributed by atoms with Gasteiger partial charge in [0.1, 0.15) is 5.83 Å². The fraction of sp³-hybridized carbons (Fsp3) is 0.318. The predicted octanol–water partition coefficient (Wildman–Crippen LogP) is 3.73. The Balaban J connectivity index is 0.00000341. The molecule has 3 rings (SSSR count). The minimum atomic E-state index is -3.57. The average molecular weight is 467 g/mol. The SMILES string of the molecule is Cc1nn(CC(F)=CCN)c(C)c1Cc1ccc(S(=O)(=O)N(C)C)c2ccccc12.Cl. The topological polar surface area (TPSA) is 81.2 Å². The highest BCUT2D eigenvalue weighted by molar-refractivity contribution is 7.89. The van der Waals surface area contributed by atoms with E-state index in [4.69, 9.17) is 5.73 Å². The number of rotatable bonds is 7. The van der Waals surface area contributed by atoms with Crippen molar-refractivity contribution in [2.45, 2.75) is 31.7 Å². The Morgan fingerprint density at radius 2 is 1.81 bits per heavy atom. The third-order valence-corrected chi connectivity index (χ3v) is 7.14. The van der Waals surface area contributed by atoms with Crippen molar-refractivity contribution in [3.63, 3.8) is 0 Å². The Bertz CT molecular complexity index is 1220. The van der Waals surface area contributed by atoms with E-state index in [1.807, 2.05) is 44.2 Å². The molecule has 3 aromatic rings. The molecule has 0 saturated carbocycles. The molecule has 0 aliphatic carbocycles. The molecule has 0 fully saturated rings. The molecule has 0 unspecified atom stereocenters. The predicted molar refractivity (Wildman–Crippen MR) is 125 cm³/mol. The molecule has 9 heteroatoms. The summed E-state index contributed by atoms with van der Waals surface area (Å²) in [6.07, 6.45) is 1.91. The van der Waals surface area contributed by atoms with E-state index in [2.05, 4.69) is 5.10 Å². The molecule has 0 aliphatic rings. The van der Waals surface area contributed by atoms with Crippen LogP contribution in [-0.4, -0.2) is 43.1 Å². The summed E-state index contributed by atoms with van der Waals surface area (Å²) in [5, 5.41) is 6.04. The summed E-state index contributed by atoms with van der Waals surface area (Å²) in [5.41, 5.74) is 9.08. The normalized spacial score (nSPS) is 12.4. The number of benzene rings is 2. The van der Waals surface area contributed by atoms with Crippen LogP contribution in [0.4, 0.5) is 4.39 Å². The summed E-state index contributed by atoms with van der Waals surface area (Å²) >= 11 is 0. The third kappa shape index (κ3) is 4.98. The van der Waals surface area contributed by atoms with Crippen LogP contribution in [0.3, 0.4) is 0 Å². The van der Waals surface area contributed by atoms with Gasteiger partial charge in [0, 0.05) is 43.7 Å². The van der Waals surface area contributed by atoms with Crippen LogP contribution < -0.4 is 5.73 Å². The molecule has 0 bridgehead atoms. The number of sulfonamides is 1. The van der Waals surface area contributed by atoms with Crippen molar-refractivity contribution in [3.05, 3.63) is 70.8 Å². The van der Waals surface area contributed by atoms with E-state index >= 15 is 0 Å². The Labute approximate surface area is 189 Å². The van der Waals surface area contributed by atoms with Crippen molar-refractivity contribution >= 4 is 33.2 Å². The fourth-order valence-electron chi connectivity index (χ4n) is 3.58. The number of aromatic nitrogens is 2. The highest BCUT2D eigenvalue weighted by Gasteiger charge is 2.22. The second-order valence-corrected chi connectivity index (χ2v) is 9.55. The lowest BCUT2D eigenvalue weighted by atomic mass is 9.97. The highest BCUT2D eigenvalue weighted by atomic mass is 35.5. The van der Waals surface area contributed by atoms with Gasteiger partial charge in [-0.1, -0.05) is 30.3 Å². The molecule has 0 spiro atoms. The van der Waals surface area contributed by atoms with E-state index in [1.165, 1.54) is 24.5 Å². The molecular formula is C22H28ClFN4O2S. The average Bonchev–Trinajstić information content (AvgIpc) is 2.95. The molecule has 168 valence electrons. The van der Waals surface area contributed by atoms with Crippen LogP contribution in [0.25, 0.3) is 10.8 Å². The number of fused-ring (bicyclic) bond motifs is 1. The molecule has 0 aliphatic heterocycles. The number of allylic oxidation sites excluding steroid dienone is 1. The minimum Gasteiger partial charge on any atom is -0.327 e. The lowest BCUT2D eigenvalue weighted by Crippen LogP contribution is -2.22. The monoisotopic (exact) mass is 466 g/mol. The maximum Gasteiger partial charge on any atom is 0.243 e. The van der Waals surface area contributed by atoms with E-state index in [9.17, 15) is 12.8 Å². The first kappa shape index (κ1) is 25.0. The highest BCUT2D eigenvalue weighted by Crippen LogP contribution is 2.30. The Hall–Kier alpha value is -2.26. The first-order valence-corrected chi connectivity index (χ1v) is 11.1. The maximum absolute atomic E-state index is 13.9.